The van der Waals surface area contributed by atoms with Crippen LogP contribution in [0, 0.1) is 46.5 Å². The van der Waals surface area contributed by atoms with Crippen LogP contribution in [0.1, 0.15) is 24.5 Å². The van der Waals surface area contributed by atoms with Crippen molar-refractivity contribution < 1.29 is 48.6 Å². The second-order valence-corrected chi connectivity index (χ2v) is 8.05. The molecule has 11 heteroatoms. The Morgan fingerprint density at radius 3 is 1.89 bits per heavy atom. The highest BCUT2D eigenvalue weighted by atomic mass is 19.3. The summed E-state index contributed by atoms with van der Waals surface area (Å²) in [5.74, 6) is -15.4. The van der Waals surface area contributed by atoms with Crippen molar-refractivity contribution in [1.82, 2.24) is 0 Å². The fourth-order valence-corrected chi connectivity index (χ4v) is 3.86. The van der Waals surface area contributed by atoms with Gasteiger partial charge in [0.1, 0.15) is 17.1 Å². The smallest absolute Gasteiger partial charge is 0.429 e. The third-order valence-corrected chi connectivity index (χ3v) is 5.61. The van der Waals surface area contributed by atoms with E-state index in [9.17, 15) is 39.5 Å². The van der Waals surface area contributed by atoms with Gasteiger partial charge < -0.3 is 4.74 Å². The van der Waals surface area contributed by atoms with Gasteiger partial charge in [-0.2, -0.15) is 8.78 Å². The highest BCUT2D eigenvalue weighted by Gasteiger charge is 2.39. The maximum atomic E-state index is 15.0. The summed E-state index contributed by atoms with van der Waals surface area (Å²) in [4.78, 5) is 0. The van der Waals surface area contributed by atoms with Gasteiger partial charge in [-0.25, -0.2) is 35.1 Å². The number of ether oxygens (including phenoxy) is 1. The first-order valence-electron chi connectivity index (χ1n) is 10.7. The molecule has 0 spiro atoms. The normalized spacial score (nSPS) is 11.9. The van der Waals surface area contributed by atoms with Gasteiger partial charge in [-0.3, -0.25) is 0 Å². The van der Waals surface area contributed by atoms with E-state index >= 15 is 4.39 Å². The Hall–Kier alpha value is -3.76. The first kappa shape index (κ1) is 26.3. The molecule has 1 nitrogen and oxygen atoms in total. The van der Waals surface area contributed by atoms with E-state index < -0.39 is 85.9 Å². The summed E-state index contributed by atoms with van der Waals surface area (Å²) >= 11 is 0. The quantitative estimate of drug-likeness (QED) is 0.178. The number of halogens is 10. The van der Waals surface area contributed by atoms with Crippen molar-refractivity contribution >= 4 is 10.8 Å². The Labute approximate surface area is 202 Å². The third kappa shape index (κ3) is 4.58. The van der Waals surface area contributed by atoms with E-state index in [1.54, 1.807) is 6.92 Å². The Morgan fingerprint density at radius 1 is 0.649 bits per heavy atom. The molecule has 4 rings (SSSR count). The molecule has 0 aliphatic heterocycles. The van der Waals surface area contributed by atoms with E-state index in [4.69, 9.17) is 0 Å². The van der Waals surface area contributed by atoms with Gasteiger partial charge in [-0.15, -0.1) is 0 Å². The van der Waals surface area contributed by atoms with Crippen LogP contribution in [0.5, 0.6) is 5.75 Å². The topological polar surface area (TPSA) is 9.23 Å². The highest BCUT2D eigenvalue weighted by Crippen LogP contribution is 2.40. The summed E-state index contributed by atoms with van der Waals surface area (Å²) in [5, 5.41) is -1.75. The zero-order chi connectivity index (χ0) is 27.2. The number of benzene rings is 4. The number of fused-ring (bicyclic) bond motifs is 1. The van der Waals surface area contributed by atoms with Crippen LogP contribution in [0.25, 0.3) is 21.9 Å². The predicted molar refractivity (Wildman–Crippen MR) is 114 cm³/mol. The van der Waals surface area contributed by atoms with Crippen LogP contribution in [0.15, 0.2) is 42.5 Å². The third-order valence-electron chi connectivity index (χ3n) is 5.61. The molecule has 0 aliphatic carbocycles. The molecule has 0 unspecified atom stereocenters. The zero-order valence-electron chi connectivity index (χ0n) is 18.6. The molecular weight excluding hydrogens is 518 g/mol. The lowest BCUT2D eigenvalue weighted by molar-refractivity contribution is -0.187. The first-order chi connectivity index (χ1) is 17.4. The molecule has 0 heterocycles. The van der Waals surface area contributed by atoms with Gasteiger partial charge >= 0.3 is 6.11 Å². The van der Waals surface area contributed by atoms with Gasteiger partial charge in [0.25, 0.3) is 0 Å². The minimum atomic E-state index is -4.68. The number of rotatable bonds is 6. The van der Waals surface area contributed by atoms with Crippen LogP contribution >= 0.6 is 0 Å². The van der Waals surface area contributed by atoms with Crippen molar-refractivity contribution in [1.29, 1.82) is 0 Å². The average Bonchev–Trinajstić information content (AvgIpc) is 2.82. The molecule has 0 fully saturated rings. The minimum absolute atomic E-state index is 0.00394. The fourth-order valence-electron chi connectivity index (χ4n) is 3.86. The highest BCUT2D eigenvalue weighted by molar-refractivity contribution is 5.89. The average molecular weight is 532 g/mol. The maximum absolute atomic E-state index is 15.0. The SMILES string of the molecule is CCCc1ccc(-c2cc3ccc(C(F)(F)Oc4cc(F)c(F)c(F)c4)c(F)c3c(F)c2F)c(F)c1F. The van der Waals surface area contributed by atoms with Gasteiger partial charge in [0.15, 0.2) is 40.7 Å². The molecule has 0 bridgehead atoms. The molecular formula is C26H14F10O. The number of hydrogen-bond acceptors (Lipinski definition) is 1. The van der Waals surface area contributed by atoms with Crippen LogP contribution in [-0.2, 0) is 12.5 Å². The molecule has 0 amide bonds. The minimum Gasteiger partial charge on any atom is -0.429 e. The number of aryl methyl sites for hydroxylation is 1. The van der Waals surface area contributed by atoms with E-state index in [0.29, 0.717) is 12.5 Å². The van der Waals surface area contributed by atoms with Gasteiger partial charge in [-0.05, 0) is 29.5 Å². The fraction of sp³-hybridized carbons (Fsp3) is 0.154. The summed E-state index contributed by atoms with van der Waals surface area (Å²) in [6.07, 6.45) is -4.02. The lowest BCUT2D eigenvalue weighted by atomic mass is 9.96. The van der Waals surface area contributed by atoms with Gasteiger partial charge in [0.2, 0.25) is 0 Å². The summed E-state index contributed by atoms with van der Waals surface area (Å²) < 4.78 is 147. The Bertz CT molecular complexity index is 1510. The van der Waals surface area contributed by atoms with E-state index in [-0.39, 0.29) is 24.1 Å². The number of alkyl halides is 2. The van der Waals surface area contributed by atoms with E-state index in [1.165, 1.54) is 6.07 Å². The van der Waals surface area contributed by atoms with E-state index in [1.807, 2.05) is 0 Å². The lowest BCUT2D eigenvalue weighted by Crippen LogP contribution is -2.24. The molecule has 0 N–H and O–H groups in total. The molecule has 4 aromatic rings. The van der Waals surface area contributed by atoms with Crippen LogP contribution in [0.3, 0.4) is 0 Å². The first-order valence-corrected chi connectivity index (χ1v) is 10.7. The van der Waals surface area contributed by atoms with E-state index in [0.717, 1.165) is 18.2 Å². The predicted octanol–water partition coefficient (Wildman–Crippen LogP) is 8.70. The Kier molecular flexibility index (Phi) is 6.83. The molecule has 0 aromatic heterocycles. The van der Waals surface area contributed by atoms with Crippen molar-refractivity contribution in [3.63, 3.8) is 0 Å². The molecule has 0 saturated heterocycles. The molecule has 0 saturated carbocycles. The Balaban J connectivity index is 1.82. The zero-order valence-corrected chi connectivity index (χ0v) is 18.6. The van der Waals surface area contributed by atoms with E-state index in [2.05, 4.69) is 4.74 Å². The van der Waals surface area contributed by atoms with Crippen molar-refractivity contribution in [2.45, 2.75) is 25.9 Å². The second-order valence-electron chi connectivity index (χ2n) is 8.05. The molecule has 0 atom stereocenters. The summed E-state index contributed by atoms with van der Waals surface area (Å²) in [6, 6.07) is 4.28. The van der Waals surface area contributed by atoms with Crippen LogP contribution in [-0.4, -0.2) is 0 Å². The van der Waals surface area contributed by atoms with Crippen molar-refractivity contribution in [2.75, 3.05) is 0 Å². The summed E-state index contributed by atoms with van der Waals surface area (Å²) in [7, 11) is 0. The van der Waals surface area contributed by atoms with Crippen molar-refractivity contribution in [2.24, 2.45) is 0 Å². The largest absolute Gasteiger partial charge is 0.429 e. The monoisotopic (exact) mass is 532 g/mol. The van der Waals surface area contributed by atoms with Crippen LogP contribution < -0.4 is 4.74 Å². The molecule has 194 valence electrons. The van der Waals surface area contributed by atoms with Crippen molar-refractivity contribution in [3.8, 4) is 16.9 Å². The lowest BCUT2D eigenvalue weighted by Gasteiger charge is -2.20. The van der Waals surface area contributed by atoms with Crippen LogP contribution in [0.2, 0.25) is 0 Å². The van der Waals surface area contributed by atoms with Gasteiger partial charge in [0, 0.05) is 23.3 Å². The summed E-state index contributed by atoms with van der Waals surface area (Å²) in [6.45, 7) is 1.72. The van der Waals surface area contributed by atoms with Crippen molar-refractivity contribution in [3.05, 3.63) is 100 Å². The molecule has 37 heavy (non-hydrogen) atoms. The standard InChI is InChI=1S/C26H14F10O/c1-2-3-11-4-6-14(21(30)20(11)29)15-8-12-5-7-16(23(32)19(12)25(34)22(15)31)26(35,36)37-13-9-17(27)24(33)18(28)10-13/h4-10H,2-3H2,1H3. The van der Waals surface area contributed by atoms with Gasteiger partial charge in [-0.1, -0.05) is 31.5 Å². The molecule has 4 aromatic carbocycles. The second kappa shape index (κ2) is 9.60. The Morgan fingerprint density at radius 2 is 1.27 bits per heavy atom. The van der Waals surface area contributed by atoms with Crippen LogP contribution in [0.4, 0.5) is 43.9 Å². The number of hydrogen-bond donors (Lipinski definition) is 0. The molecule has 0 aliphatic rings. The molecule has 0 radical (unpaired) electrons. The van der Waals surface area contributed by atoms with Gasteiger partial charge in [0.05, 0.1) is 5.39 Å². The summed E-state index contributed by atoms with van der Waals surface area (Å²) in [5.41, 5.74) is -3.09. The maximum Gasteiger partial charge on any atom is 0.429 e.